The van der Waals surface area contributed by atoms with Gasteiger partial charge in [-0.2, -0.15) is 0 Å². The van der Waals surface area contributed by atoms with E-state index >= 15 is 0 Å². The third kappa shape index (κ3) is 3.95. The highest BCUT2D eigenvalue weighted by Crippen LogP contribution is 2.16. The van der Waals surface area contributed by atoms with Crippen molar-refractivity contribution in [3.63, 3.8) is 0 Å². The fraction of sp³-hybridized carbons (Fsp3) is 0.167. The van der Waals surface area contributed by atoms with Crippen molar-refractivity contribution in [2.24, 2.45) is 5.73 Å². The number of amides is 1. The topological polar surface area (TPSA) is 55.1 Å². The molecule has 0 heterocycles. The van der Waals surface area contributed by atoms with Gasteiger partial charge in [-0.15, -0.1) is 0 Å². The molecule has 1 amide bonds. The predicted molar refractivity (Wildman–Crippen MR) is 86.2 cm³/mol. The lowest BCUT2D eigenvalue weighted by Crippen LogP contribution is -2.13. The minimum absolute atomic E-state index is 0.165. The minimum Gasteiger partial charge on any atom is -0.322 e. The maximum absolute atomic E-state index is 12.4. The van der Waals surface area contributed by atoms with Crippen molar-refractivity contribution in [3.05, 3.63) is 64.7 Å². The van der Waals surface area contributed by atoms with Gasteiger partial charge in [0.2, 0.25) is 0 Å². The van der Waals surface area contributed by atoms with Crippen LogP contribution in [0.25, 0.3) is 0 Å². The molecule has 0 aliphatic carbocycles. The Hall–Kier alpha value is -2.57. The maximum atomic E-state index is 12.4. The second-order valence-electron chi connectivity index (χ2n) is 4.88. The number of carbonyl (C=O) groups excluding carboxylic acids is 1. The molecule has 0 unspecified atom stereocenters. The normalized spacial score (nSPS) is 9.67. The largest absolute Gasteiger partial charge is 0.322 e. The molecule has 106 valence electrons. The number of rotatable bonds is 2. The summed E-state index contributed by atoms with van der Waals surface area (Å²) in [5, 5.41) is 2.92. The molecule has 2 aromatic rings. The molecule has 0 aromatic heterocycles. The van der Waals surface area contributed by atoms with E-state index in [1.165, 1.54) is 0 Å². The SMILES string of the molecule is Cc1cc(C)cc(NC(=O)c2ccccc2C#CCN)c1. The Kier molecular flexibility index (Phi) is 4.76. The zero-order valence-corrected chi connectivity index (χ0v) is 12.2. The van der Waals surface area contributed by atoms with E-state index in [0.717, 1.165) is 16.8 Å². The lowest BCUT2D eigenvalue weighted by molar-refractivity contribution is 0.102. The van der Waals surface area contributed by atoms with Crippen LogP contribution in [-0.2, 0) is 0 Å². The molecule has 0 saturated carbocycles. The van der Waals surface area contributed by atoms with Crippen LogP contribution < -0.4 is 11.1 Å². The summed E-state index contributed by atoms with van der Waals surface area (Å²) < 4.78 is 0. The molecule has 3 heteroatoms. The van der Waals surface area contributed by atoms with Gasteiger partial charge in [0.1, 0.15) is 0 Å². The molecule has 0 aliphatic rings. The van der Waals surface area contributed by atoms with Crippen LogP contribution in [-0.4, -0.2) is 12.5 Å². The highest BCUT2D eigenvalue weighted by atomic mass is 16.1. The maximum Gasteiger partial charge on any atom is 0.256 e. The van der Waals surface area contributed by atoms with Gasteiger partial charge in [0, 0.05) is 11.3 Å². The number of aryl methyl sites for hydroxylation is 2. The molecule has 0 bridgehead atoms. The zero-order chi connectivity index (χ0) is 15.2. The third-order valence-electron chi connectivity index (χ3n) is 2.98. The van der Waals surface area contributed by atoms with Crippen LogP contribution in [0.1, 0.15) is 27.0 Å². The van der Waals surface area contributed by atoms with Crippen LogP contribution in [0.2, 0.25) is 0 Å². The highest BCUT2D eigenvalue weighted by Gasteiger charge is 2.10. The van der Waals surface area contributed by atoms with E-state index in [4.69, 9.17) is 5.73 Å². The van der Waals surface area contributed by atoms with Crippen LogP contribution in [0.15, 0.2) is 42.5 Å². The van der Waals surface area contributed by atoms with Gasteiger partial charge in [0.25, 0.3) is 5.91 Å². The molecule has 0 radical (unpaired) electrons. The number of anilines is 1. The molecule has 21 heavy (non-hydrogen) atoms. The quantitative estimate of drug-likeness (QED) is 0.830. The molecule has 0 spiro atoms. The molecule has 0 aliphatic heterocycles. The molecule has 0 saturated heterocycles. The summed E-state index contributed by atoms with van der Waals surface area (Å²) in [4.78, 5) is 12.4. The first-order valence-corrected chi connectivity index (χ1v) is 6.78. The van der Waals surface area contributed by atoms with E-state index in [0.29, 0.717) is 11.1 Å². The van der Waals surface area contributed by atoms with Crippen LogP contribution in [0.5, 0.6) is 0 Å². The lowest BCUT2D eigenvalue weighted by atomic mass is 10.1. The van der Waals surface area contributed by atoms with Crippen molar-refractivity contribution >= 4 is 11.6 Å². The van der Waals surface area contributed by atoms with Crippen molar-refractivity contribution in [1.29, 1.82) is 0 Å². The second kappa shape index (κ2) is 6.74. The standard InChI is InChI=1S/C18H18N2O/c1-13-10-14(2)12-16(11-13)20-18(21)17-8-4-3-6-15(17)7-5-9-19/h3-4,6,8,10-12H,9,19H2,1-2H3,(H,20,21). The second-order valence-corrected chi connectivity index (χ2v) is 4.88. The Morgan fingerprint density at radius 2 is 1.81 bits per heavy atom. The monoisotopic (exact) mass is 278 g/mol. The van der Waals surface area contributed by atoms with Crippen molar-refractivity contribution in [3.8, 4) is 11.8 Å². The van der Waals surface area contributed by atoms with E-state index in [1.807, 2.05) is 44.2 Å². The Morgan fingerprint density at radius 3 is 2.48 bits per heavy atom. The number of hydrogen-bond acceptors (Lipinski definition) is 2. The zero-order valence-electron chi connectivity index (χ0n) is 12.2. The number of benzene rings is 2. The number of nitrogens with two attached hydrogens (primary N) is 1. The van der Waals surface area contributed by atoms with Crippen LogP contribution in [0.3, 0.4) is 0 Å². The number of hydrogen-bond donors (Lipinski definition) is 2. The molecule has 2 aromatic carbocycles. The van der Waals surface area contributed by atoms with Crippen molar-refractivity contribution in [2.45, 2.75) is 13.8 Å². The van der Waals surface area contributed by atoms with E-state index in [-0.39, 0.29) is 12.5 Å². The Balaban J connectivity index is 2.28. The van der Waals surface area contributed by atoms with Crippen molar-refractivity contribution in [2.75, 3.05) is 11.9 Å². The first kappa shape index (κ1) is 14.8. The first-order valence-electron chi connectivity index (χ1n) is 6.78. The third-order valence-corrected chi connectivity index (χ3v) is 2.98. The van der Waals surface area contributed by atoms with E-state index in [9.17, 15) is 4.79 Å². The number of nitrogens with one attached hydrogen (secondary N) is 1. The highest BCUT2D eigenvalue weighted by molar-refractivity contribution is 6.06. The molecule has 0 atom stereocenters. The van der Waals surface area contributed by atoms with Crippen LogP contribution >= 0.6 is 0 Å². The summed E-state index contributed by atoms with van der Waals surface area (Å²) in [6.45, 7) is 4.28. The van der Waals surface area contributed by atoms with Crippen molar-refractivity contribution < 1.29 is 4.79 Å². The molecule has 0 fully saturated rings. The van der Waals surface area contributed by atoms with Crippen molar-refractivity contribution in [1.82, 2.24) is 0 Å². The molecular weight excluding hydrogens is 260 g/mol. The Morgan fingerprint density at radius 1 is 1.14 bits per heavy atom. The minimum atomic E-state index is -0.165. The van der Waals surface area contributed by atoms with Gasteiger partial charge in [-0.3, -0.25) is 4.79 Å². The average Bonchev–Trinajstić information content (AvgIpc) is 2.44. The predicted octanol–water partition coefficient (Wildman–Crippen LogP) is 2.87. The van der Waals surface area contributed by atoms with Gasteiger partial charge < -0.3 is 11.1 Å². The van der Waals surface area contributed by atoms with Crippen LogP contribution in [0.4, 0.5) is 5.69 Å². The smallest absolute Gasteiger partial charge is 0.256 e. The summed E-state index contributed by atoms with van der Waals surface area (Å²) in [6.07, 6.45) is 0. The van der Waals surface area contributed by atoms with Gasteiger partial charge in [-0.1, -0.05) is 30.0 Å². The number of carbonyl (C=O) groups is 1. The lowest BCUT2D eigenvalue weighted by Gasteiger charge is -2.09. The van der Waals surface area contributed by atoms with Gasteiger partial charge >= 0.3 is 0 Å². The molecule has 3 N–H and O–H groups in total. The summed E-state index contributed by atoms with van der Waals surface area (Å²) in [6, 6.07) is 13.2. The summed E-state index contributed by atoms with van der Waals surface area (Å²) >= 11 is 0. The summed E-state index contributed by atoms with van der Waals surface area (Å²) in [5.74, 6) is 5.54. The van der Waals surface area contributed by atoms with Gasteiger partial charge in [0.05, 0.1) is 12.1 Å². The fourth-order valence-electron chi connectivity index (χ4n) is 2.18. The molecule has 3 nitrogen and oxygen atoms in total. The average molecular weight is 278 g/mol. The van der Waals surface area contributed by atoms with Gasteiger partial charge in [-0.05, 0) is 49.2 Å². The Labute approximate surface area is 125 Å². The Bertz CT molecular complexity index is 703. The molecule has 2 rings (SSSR count). The fourth-order valence-corrected chi connectivity index (χ4v) is 2.18. The van der Waals surface area contributed by atoms with Gasteiger partial charge in [0.15, 0.2) is 0 Å². The van der Waals surface area contributed by atoms with E-state index in [2.05, 4.69) is 23.2 Å². The summed E-state index contributed by atoms with van der Waals surface area (Å²) in [5.41, 5.74) is 9.64. The molecular formula is C18H18N2O. The summed E-state index contributed by atoms with van der Waals surface area (Å²) in [7, 11) is 0. The first-order chi connectivity index (χ1) is 10.1. The van der Waals surface area contributed by atoms with E-state index < -0.39 is 0 Å². The van der Waals surface area contributed by atoms with E-state index in [1.54, 1.807) is 6.07 Å². The van der Waals surface area contributed by atoms with Crippen LogP contribution in [0, 0.1) is 25.7 Å². The van der Waals surface area contributed by atoms with Gasteiger partial charge in [-0.25, -0.2) is 0 Å².